The standard InChI is InChI=1S/C15H24FN3O/c1-4-18(5-2)10-7-11-19(6-3)15(20)13-8-9-17-14(16)12-13/h8-9,12H,4-7,10-11H2,1-3H3. The fraction of sp³-hybridized carbons (Fsp3) is 0.600. The number of pyridine rings is 1. The highest BCUT2D eigenvalue weighted by atomic mass is 19.1. The lowest BCUT2D eigenvalue weighted by molar-refractivity contribution is 0.0756. The molecule has 1 rings (SSSR count). The zero-order chi connectivity index (χ0) is 15.0. The van der Waals surface area contributed by atoms with Gasteiger partial charge in [-0.15, -0.1) is 0 Å². The lowest BCUT2D eigenvalue weighted by atomic mass is 10.2. The predicted octanol–water partition coefficient (Wildman–Crippen LogP) is 2.41. The summed E-state index contributed by atoms with van der Waals surface area (Å²) in [6.45, 7) is 10.5. The van der Waals surface area contributed by atoms with Gasteiger partial charge in [-0.3, -0.25) is 4.79 Å². The minimum absolute atomic E-state index is 0.131. The largest absolute Gasteiger partial charge is 0.339 e. The van der Waals surface area contributed by atoms with E-state index in [1.165, 1.54) is 12.3 Å². The van der Waals surface area contributed by atoms with Crippen molar-refractivity contribution in [3.05, 3.63) is 29.8 Å². The van der Waals surface area contributed by atoms with Gasteiger partial charge in [-0.2, -0.15) is 4.39 Å². The van der Waals surface area contributed by atoms with Crippen molar-refractivity contribution in [2.45, 2.75) is 27.2 Å². The Morgan fingerprint density at radius 3 is 2.45 bits per heavy atom. The molecule has 1 amide bonds. The Hall–Kier alpha value is -1.49. The molecule has 0 spiro atoms. The van der Waals surface area contributed by atoms with Crippen molar-refractivity contribution in [2.75, 3.05) is 32.7 Å². The molecule has 0 unspecified atom stereocenters. The van der Waals surface area contributed by atoms with Crippen molar-refractivity contribution in [1.82, 2.24) is 14.8 Å². The number of carbonyl (C=O) groups is 1. The highest BCUT2D eigenvalue weighted by Crippen LogP contribution is 2.06. The summed E-state index contributed by atoms with van der Waals surface area (Å²) in [6.07, 6.45) is 2.25. The van der Waals surface area contributed by atoms with Crippen molar-refractivity contribution in [2.24, 2.45) is 0 Å². The Bertz CT molecular complexity index is 421. The van der Waals surface area contributed by atoms with Crippen molar-refractivity contribution in [1.29, 1.82) is 0 Å². The van der Waals surface area contributed by atoms with Gasteiger partial charge in [-0.1, -0.05) is 13.8 Å². The predicted molar refractivity (Wildman–Crippen MR) is 78.2 cm³/mol. The molecule has 0 aliphatic heterocycles. The van der Waals surface area contributed by atoms with E-state index in [0.29, 0.717) is 18.7 Å². The van der Waals surface area contributed by atoms with Gasteiger partial charge in [0.15, 0.2) is 0 Å². The molecule has 0 bridgehead atoms. The molecule has 0 atom stereocenters. The first-order valence-electron chi connectivity index (χ1n) is 7.25. The number of aromatic nitrogens is 1. The van der Waals surface area contributed by atoms with Crippen LogP contribution < -0.4 is 0 Å². The van der Waals surface area contributed by atoms with Crippen molar-refractivity contribution in [3.63, 3.8) is 0 Å². The summed E-state index contributed by atoms with van der Waals surface area (Å²) in [5.41, 5.74) is 0.363. The maximum absolute atomic E-state index is 13.1. The van der Waals surface area contributed by atoms with Crippen LogP contribution in [0.25, 0.3) is 0 Å². The van der Waals surface area contributed by atoms with Crippen LogP contribution in [0.3, 0.4) is 0 Å². The summed E-state index contributed by atoms with van der Waals surface area (Å²) >= 11 is 0. The van der Waals surface area contributed by atoms with Gasteiger partial charge in [-0.05, 0) is 39.0 Å². The lowest BCUT2D eigenvalue weighted by Gasteiger charge is -2.23. The van der Waals surface area contributed by atoms with Crippen molar-refractivity contribution in [3.8, 4) is 0 Å². The fourth-order valence-corrected chi connectivity index (χ4v) is 2.15. The molecule has 0 fully saturated rings. The minimum Gasteiger partial charge on any atom is -0.339 e. The Labute approximate surface area is 120 Å². The maximum atomic E-state index is 13.1. The molecule has 0 aromatic carbocycles. The van der Waals surface area contributed by atoms with Crippen LogP contribution in [-0.4, -0.2) is 53.4 Å². The minimum atomic E-state index is -0.616. The van der Waals surface area contributed by atoms with Crippen molar-refractivity contribution < 1.29 is 9.18 Å². The van der Waals surface area contributed by atoms with Gasteiger partial charge in [0.1, 0.15) is 0 Å². The van der Waals surface area contributed by atoms with E-state index in [-0.39, 0.29) is 5.91 Å². The number of rotatable bonds is 8. The highest BCUT2D eigenvalue weighted by molar-refractivity contribution is 5.94. The maximum Gasteiger partial charge on any atom is 0.254 e. The van der Waals surface area contributed by atoms with Gasteiger partial charge in [0.25, 0.3) is 5.91 Å². The summed E-state index contributed by atoms with van der Waals surface area (Å²) < 4.78 is 13.1. The molecule has 112 valence electrons. The van der Waals surface area contributed by atoms with E-state index in [1.54, 1.807) is 11.0 Å². The van der Waals surface area contributed by atoms with E-state index < -0.39 is 5.95 Å². The van der Waals surface area contributed by atoms with Gasteiger partial charge < -0.3 is 9.80 Å². The number of nitrogens with zero attached hydrogens (tertiary/aromatic N) is 3. The van der Waals surface area contributed by atoms with Crippen LogP contribution in [0, 0.1) is 5.95 Å². The molecule has 1 heterocycles. The van der Waals surface area contributed by atoms with E-state index in [4.69, 9.17) is 0 Å². The first kappa shape index (κ1) is 16.6. The molecule has 0 aliphatic carbocycles. The van der Waals surface area contributed by atoms with Crippen LogP contribution in [0.2, 0.25) is 0 Å². The smallest absolute Gasteiger partial charge is 0.254 e. The average molecular weight is 281 g/mol. The molecule has 20 heavy (non-hydrogen) atoms. The number of carbonyl (C=O) groups excluding carboxylic acids is 1. The molecule has 1 aromatic heterocycles. The Kier molecular flexibility index (Phi) is 7.15. The van der Waals surface area contributed by atoms with E-state index >= 15 is 0 Å². The monoisotopic (exact) mass is 281 g/mol. The zero-order valence-corrected chi connectivity index (χ0v) is 12.6. The SMILES string of the molecule is CCN(CC)CCCN(CC)C(=O)c1ccnc(F)c1. The highest BCUT2D eigenvalue weighted by Gasteiger charge is 2.14. The third-order valence-electron chi connectivity index (χ3n) is 3.44. The number of halogens is 1. The second-order valence-electron chi connectivity index (χ2n) is 4.63. The first-order valence-corrected chi connectivity index (χ1v) is 7.25. The molecule has 5 heteroatoms. The fourth-order valence-electron chi connectivity index (χ4n) is 2.15. The molecular weight excluding hydrogens is 257 g/mol. The molecule has 0 saturated carbocycles. The van der Waals surface area contributed by atoms with Crippen LogP contribution in [0.5, 0.6) is 0 Å². The second-order valence-corrected chi connectivity index (χ2v) is 4.63. The molecule has 0 radical (unpaired) electrons. The van der Waals surface area contributed by atoms with E-state index in [0.717, 1.165) is 26.1 Å². The second kappa shape index (κ2) is 8.64. The van der Waals surface area contributed by atoms with Crippen molar-refractivity contribution >= 4 is 5.91 Å². The van der Waals surface area contributed by atoms with E-state index in [9.17, 15) is 9.18 Å². The topological polar surface area (TPSA) is 36.4 Å². The summed E-state index contributed by atoms with van der Waals surface area (Å²) in [5, 5.41) is 0. The summed E-state index contributed by atoms with van der Waals surface area (Å²) in [7, 11) is 0. The third kappa shape index (κ3) is 4.89. The van der Waals surface area contributed by atoms with Crippen LogP contribution in [0.1, 0.15) is 37.6 Å². The van der Waals surface area contributed by atoms with Crippen LogP contribution in [0.4, 0.5) is 4.39 Å². The molecule has 0 N–H and O–H groups in total. The Morgan fingerprint density at radius 2 is 1.90 bits per heavy atom. The zero-order valence-electron chi connectivity index (χ0n) is 12.6. The summed E-state index contributed by atoms with van der Waals surface area (Å²) in [5.74, 6) is -0.747. The summed E-state index contributed by atoms with van der Waals surface area (Å²) in [4.78, 5) is 19.8. The number of amides is 1. The van der Waals surface area contributed by atoms with Gasteiger partial charge in [0.2, 0.25) is 5.95 Å². The van der Waals surface area contributed by atoms with Crippen LogP contribution in [0.15, 0.2) is 18.3 Å². The Balaban J connectivity index is 2.55. The molecule has 4 nitrogen and oxygen atoms in total. The normalized spacial score (nSPS) is 10.8. The van der Waals surface area contributed by atoms with Gasteiger partial charge >= 0.3 is 0 Å². The molecule has 0 aliphatic rings. The van der Waals surface area contributed by atoms with Gasteiger partial charge in [-0.25, -0.2) is 4.98 Å². The van der Waals surface area contributed by atoms with E-state index in [2.05, 4.69) is 23.7 Å². The van der Waals surface area contributed by atoms with Crippen LogP contribution >= 0.6 is 0 Å². The lowest BCUT2D eigenvalue weighted by Crippen LogP contribution is -2.34. The average Bonchev–Trinajstić information content (AvgIpc) is 2.47. The Morgan fingerprint density at radius 1 is 1.20 bits per heavy atom. The molecular formula is C15H24FN3O. The van der Waals surface area contributed by atoms with Gasteiger partial charge in [0.05, 0.1) is 0 Å². The molecule has 0 saturated heterocycles. The third-order valence-corrected chi connectivity index (χ3v) is 3.44. The number of hydrogen-bond donors (Lipinski definition) is 0. The molecule has 1 aromatic rings. The first-order chi connectivity index (χ1) is 9.62. The number of hydrogen-bond acceptors (Lipinski definition) is 3. The van der Waals surface area contributed by atoms with Gasteiger partial charge in [0, 0.05) is 30.9 Å². The summed E-state index contributed by atoms with van der Waals surface area (Å²) in [6, 6.07) is 2.74. The quantitative estimate of drug-likeness (QED) is 0.687. The van der Waals surface area contributed by atoms with E-state index in [1.807, 2.05) is 6.92 Å². The van der Waals surface area contributed by atoms with Crippen LogP contribution in [-0.2, 0) is 0 Å².